The Kier molecular flexibility index (Phi) is 17.6. The van der Waals surface area contributed by atoms with E-state index < -0.39 is 5.63 Å². The van der Waals surface area contributed by atoms with Gasteiger partial charge in [-0.1, -0.05) is 72.5 Å². The number of anilines is 1. The fraction of sp³-hybridized carbons (Fsp3) is 0.389. The molecule has 4 aromatic carbocycles. The van der Waals surface area contributed by atoms with E-state index in [0.29, 0.717) is 98.7 Å². The first-order chi connectivity index (χ1) is 34.2. The Morgan fingerprint density at radius 2 is 1.57 bits per heavy atom. The van der Waals surface area contributed by atoms with Crippen molar-refractivity contribution < 1.29 is 42.8 Å². The molecule has 3 N–H and O–H groups in total. The number of nitrogens with one attached hydrogen (secondary N) is 2. The zero-order chi connectivity index (χ0) is 48.7. The molecule has 16 heteroatoms. The molecule has 1 fully saturated rings. The zero-order valence-electron chi connectivity index (χ0n) is 40.0. The minimum absolute atomic E-state index is 0.0647. The zero-order valence-corrected chi connectivity index (χ0v) is 40.0. The van der Waals surface area contributed by atoms with Crippen LogP contribution in [0, 0.1) is 13.8 Å². The Morgan fingerprint density at radius 1 is 0.829 bits per heavy atom. The number of aromatic hydroxyl groups is 1. The summed E-state index contributed by atoms with van der Waals surface area (Å²) in [7, 11) is 0. The Morgan fingerprint density at radius 3 is 2.37 bits per heavy atom. The highest BCUT2D eigenvalue weighted by molar-refractivity contribution is 6.07. The molecule has 3 heterocycles. The van der Waals surface area contributed by atoms with Gasteiger partial charge < -0.3 is 43.8 Å². The molecular weight excluding hydrogens is 893 g/mol. The third-order valence-corrected chi connectivity index (χ3v) is 12.6. The van der Waals surface area contributed by atoms with Crippen LogP contribution in [0.1, 0.15) is 54.4 Å². The number of ether oxygens (including phenoxy) is 5. The normalized spacial score (nSPS) is 13.8. The summed E-state index contributed by atoms with van der Waals surface area (Å²) in [5.41, 5.74) is 7.93. The van der Waals surface area contributed by atoms with Gasteiger partial charge in [0.05, 0.1) is 70.1 Å². The van der Waals surface area contributed by atoms with Crippen LogP contribution in [0.5, 0.6) is 11.5 Å². The van der Waals surface area contributed by atoms with Crippen molar-refractivity contribution in [2.45, 2.75) is 65.1 Å². The maximum Gasteiger partial charge on any atom is 0.346 e. The Bertz CT molecular complexity index is 2780. The molecule has 8 rings (SSSR count). The molecule has 0 saturated heterocycles. The summed E-state index contributed by atoms with van der Waals surface area (Å²) in [6.45, 7) is 8.94. The lowest BCUT2D eigenvalue weighted by atomic mass is 9.94. The van der Waals surface area contributed by atoms with Crippen LogP contribution in [-0.2, 0) is 41.6 Å². The van der Waals surface area contributed by atoms with Gasteiger partial charge in [-0.25, -0.2) is 9.48 Å². The van der Waals surface area contributed by atoms with Crippen LogP contribution in [-0.4, -0.2) is 115 Å². The van der Waals surface area contributed by atoms with Gasteiger partial charge >= 0.3 is 5.63 Å². The smallest absolute Gasteiger partial charge is 0.346 e. The molecule has 1 aliphatic carbocycles. The van der Waals surface area contributed by atoms with E-state index in [2.05, 4.69) is 75.2 Å². The van der Waals surface area contributed by atoms with Gasteiger partial charge in [0.1, 0.15) is 36.0 Å². The van der Waals surface area contributed by atoms with Crippen LogP contribution >= 0.6 is 0 Å². The summed E-state index contributed by atoms with van der Waals surface area (Å²) in [4.78, 5) is 40.8. The number of carbonyl (C=O) groups excluding carboxylic acids is 2. The molecule has 16 nitrogen and oxygen atoms in total. The predicted octanol–water partition coefficient (Wildman–Crippen LogP) is 7.47. The molecule has 2 aromatic heterocycles. The molecule has 0 radical (unpaired) electrons. The van der Waals surface area contributed by atoms with E-state index in [1.165, 1.54) is 36.5 Å². The van der Waals surface area contributed by atoms with E-state index in [1.807, 2.05) is 30.3 Å². The van der Waals surface area contributed by atoms with Crippen LogP contribution in [0.2, 0.25) is 0 Å². The second kappa shape index (κ2) is 24.7. The summed E-state index contributed by atoms with van der Waals surface area (Å²) in [5, 5.41) is 24.6. The maximum atomic E-state index is 13.3. The maximum absolute atomic E-state index is 13.3. The number of amides is 2. The van der Waals surface area contributed by atoms with Crippen LogP contribution in [0.4, 0.5) is 5.69 Å². The summed E-state index contributed by atoms with van der Waals surface area (Å²) in [5.74, 6) is 0.436. The molecule has 368 valence electrons. The van der Waals surface area contributed by atoms with Crippen molar-refractivity contribution in [3.05, 3.63) is 129 Å². The number of aromatic nitrogens is 3. The molecule has 0 bridgehead atoms. The summed E-state index contributed by atoms with van der Waals surface area (Å²) in [6, 6.07) is 27.6. The fourth-order valence-corrected chi connectivity index (χ4v) is 8.73. The van der Waals surface area contributed by atoms with Crippen molar-refractivity contribution in [1.82, 2.24) is 25.2 Å². The third kappa shape index (κ3) is 13.8. The lowest BCUT2D eigenvalue weighted by Gasteiger charge is -2.34. The molecule has 2 amide bonds. The number of benzene rings is 4. The van der Waals surface area contributed by atoms with Gasteiger partial charge in [0.15, 0.2) is 0 Å². The molecular formula is C54H62N6O10. The number of nitrogens with zero attached hydrogens (tertiary/aromatic N) is 4. The summed E-state index contributed by atoms with van der Waals surface area (Å²) in [6.07, 6.45) is 9.62. The number of phenols is 1. The van der Waals surface area contributed by atoms with E-state index in [4.69, 9.17) is 28.1 Å². The number of hydrogen-bond acceptors (Lipinski definition) is 13. The molecule has 1 saturated carbocycles. The quantitative estimate of drug-likeness (QED) is 0.0401. The largest absolute Gasteiger partial charge is 0.508 e. The number of aryl methyl sites for hydroxylation is 2. The third-order valence-electron chi connectivity index (χ3n) is 12.6. The lowest BCUT2D eigenvalue weighted by molar-refractivity contribution is -0.126. The van der Waals surface area contributed by atoms with Gasteiger partial charge in [-0.2, -0.15) is 0 Å². The highest BCUT2D eigenvalue weighted by Crippen LogP contribution is 2.33. The number of fused-ring (bicyclic) bond motifs is 2. The van der Waals surface area contributed by atoms with Crippen LogP contribution in [0.25, 0.3) is 39.4 Å². The highest BCUT2D eigenvalue weighted by atomic mass is 16.5. The molecule has 2 aliphatic rings. The van der Waals surface area contributed by atoms with Gasteiger partial charge in [-0.05, 0) is 97.5 Å². The second-order valence-corrected chi connectivity index (χ2v) is 17.7. The van der Waals surface area contributed by atoms with Crippen molar-refractivity contribution in [2.24, 2.45) is 0 Å². The summed E-state index contributed by atoms with van der Waals surface area (Å²) >= 11 is 0. The molecule has 0 unspecified atom stereocenters. The average molecular weight is 955 g/mol. The number of carbonyl (C=O) groups is 2. The van der Waals surface area contributed by atoms with Gasteiger partial charge in [0.2, 0.25) is 5.91 Å². The second-order valence-electron chi connectivity index (χ2n) is 17.7. The van der Waals surface area contributed by atoms with E-state index in [0.717, 1.165) is 54.1 Å². The van der Waals surface area contributed by atoms with E-state index in [-0.39, 0.29) is 30.8 Å². The number of rotatable bonds is 24. The predicted molar refractivity (Wildman–Crippen MR) is 267 cm³/mol. The van der Waals surface area contributed by atoms with E-state index in [1.54, 1.807) is 29.9 Å². The van der Waals surface area contributed by atoms with Crippen LogP contribution in [0.15, 0.2) is 106 Å². The molecule has 0 spiro atoms. The van der Waals surface area contributed by atoms with Crippen molar-refractivity contribution in [1.29, 1.82) is 0 Å². The summed E-state index contributed by atoms with van der Waals surface area (Å²) < 4.78 is 35.7. The molecule has 0 atom stereocenters. The Labute approximate surface area is 407 Å². The first-order valence-corrected chi connectivity index (χ1v) is 24.1. The minimum Gasteiger partial charge on any atom is -0.508 e. The van der Waals surface area contributed by atoms with Gasteiger partial charge in [0.25, 0.3) is 5.91 Å². The van der Waals surface area contributed by atoms with Crippen molar-refractivity contribution in [3.8, 4) is 33.9 Å². The molecule has 1 aliphatic heterocycles. The molecule has 6 aromatic rings. The highest BCUT2D eigenvalue weighted by Gasteiger charge is 2.23. The Hall–Kier alpha value is -6.69. The van der Waals surface area contributed by atoms with Gasteiger partial charge in [0, 0.05) is 42.3 Å². The molecule has 70 heavy (non-hydrogen) atoms. The van der Waals surface area contributed by atoms with E-state index >= 15 is 0 Å². The average Bonchev–Trinajstić information content (AvgIpc) is 3.84. The van der Waals surface area contributed by atoms with Crippen LogP contribution in [0.3, 0.4) is 0 Å². The van der Waals surface area contributed by atoms with Crippen molar-refractivity contribution in [2.75, 3.05) is 77.9 Å². The van der Waals surface area contributed by atoms with Crippen molar-refractivity contribution in [3.63, 3.8) is 0 Å². The van der Waals surface area contributed by atoms with Crippen LogP contribution < -0.4 is 21.0 Å². The van der Waals surface area contributed by atoms with Crippen molar-refractivity contribution >= 4 is 34.5 Å². The first-order valence-electron chi connectivity index (χ1n) is 24.1. The SMILES string of the molecule is Cc1ccc(-c2ccc3c(c2)C=C(C(=O)Nc2ccc(CN(CCOCCOCC(=O)NCCOCCOCCn4cc(-c5c(C)c6cc(O)ccc6oc5=O)nn4)C4CCCCC4)cc2)CO3)cc1. The monoisotopic (exact) mass is 954 g/mol. The van der Waals surface area contributed by atoms with E-state index in [9.17, 15) is 19.5 Å². The van der Waals surface area contributed by atoms with Gasteiger partial charge in [-0.3, -0.25) is 14.5 Å². The topological polar surface area (TPSA) is 189 Å². The number of hydrogen-bond donors (Lipinski definition) is 3. The van der Waals surface area contributed by atoms with Gasteiger partial charge in [-0.15, -0.1) is 5.10 Å². The first kappa shape index (κ1) is 49.7. The fourth-order valence-electron chi connectivity index (χ4n) is 8.73. The Balaban J connectivity index is 0.672. The number of phenolic OH excluding ortho intramolecular Hbond substituents is 1. The standard InChI is InChI=1S/C54H62N6O10/c1-37-8-12-40(13-9-37)41-14-18-49-42(30-41)31-43(35-69-49)53(63)56-44-15-10-39(11-16-44)33-59(45-6-4-3-5-7-45)21-24-66-28-29-68-36-51(62)55-20-23-65-26-27-67-25-22-60-34-48(57-58-60)52-38(2)47-32-46(61)17-19-50(47)70-54(52)64/h8-19,30-32,34,45,61H,3-7,20-29,33,35-36H2,1-2H3,(H,55,62)(H,56,63). The minimum atomic E-state index is -0.527. The lowest BCUT2D eigenvalue weighted by Crippen LogP contribution is -2.38.